The van der Waals surface area contributed by atoms with Gasteiger partial charge in [-0.25, -0.2) is 4.79 Å². The first-order chi connectivity index (χ1) is 38.0. The summed E-state index contributed by atoms with van der Waals surface area (Å²) in [5.41, 5.74) is 22.0. The lowest BCUT2D eigenvalue weighted by molar-refractivity contribution is -0.142. The Kier molecular flexibility index (Phi) is 36.2. The van der Waals surface area contributed by atoms with Crippen molar-refractivity contribution in [3.05, 3.63) is 0 Å². The molecular formula is C47H83N15O18S. The lowest BCUT2D eigenvalue weighted by Crippen LogP contribution is -2.60. The molecule has 34 heteroatoms. The first-order valence-corrected chi connectivity index (χ1v) is 26.6. The van der Waals surface area contributed by atoms with Crippen molar-refractivity contribution in [3.8, 4) is 0 Å². The van der Waals surface area contributed by atoms with Crippen molar-refractivity contribution in [2.24, 2.45) is 39.8 Å². The summed E-state index contributed by atoms with van der Waals surface area (Å²) in [5, 5.41) is 71.6. The summed E-state index contributed by atoms with van der Waals surface area (Å²) in [4.78, 5) is 170. The van der Waals surface area contributed by atoms with Crippen LogP contribution in [-0.4, -0.2) is 208 Å². The van der Waals surface area contributed by atoms with E-state index in [1.165, 1.54) is 13.8 Å². The minimum atomic E-state index is -1.79. The average molecular weight is 1180 g/mol. The Hall–Kier alpha value is -7.43. The third-order valence-corrected chi connectivity index (χ3v) is 11.9. The lowest BCUT2D eigenvalue weighted by atomic mass is 10.00. The van der Waals surface area contributed by atoms with Crippen molar-refractivity contribution < 1.29 is 87.9 Å². The number of carbonyl (C=O) groups excluding carboxylic acids is 10. The van der Waals surface area contributed by atoms with E-state index in [0.29, 0.717) is 12.8 Å². The number of aliphatic hydroxyl groups excluding tert-OH is 2. The third-order valence-electron chi connectivity index (χ3n) is 11.6. The molecule has 0 radical (unpaired) electrons. The van der Waals surface area contributed by atoms with E-state index >= 15 is 0 Å². The molecule has 0 bridgehead atoms. The van der Waals surface area contributed by atoms with Crippen molar-refractivity contribution in [3.63, 3.8) is 0 Å². The number of rotatable bonds is 42. The summed E-state index contributed by atoms with van der Waals surface area (Å²) >= 11 is 3.89. The summed E-state index contributed by atoms with van der Waals surface area (Å²) in [7, 11) is 0. The van der Waals surface area contributed by atoms with Gasteiger partial charge in [0.15, 0.2) is 5.96 Å². The van der Waals surface area contributed by atoms with Crippen LogP contribution in [0.3, 0.4) is 0 Å². The van der Waals surface area contributed by atoms with E-state index in [2.05, 4.69) is 70.8 Å². The van der Waals surface area contributed by atoms with Crippen molar-refractivity contribution >= 4 is 95.6 Å². The number of guanidine groups is 1. The largest absolute Gasteiger partial charge is 0.481 e. The van der Waals surface area contributed by atoms with Crippen LogP contribution in [0, 0.1) is 11.8 Å². The Bertz CT molecular complexity index is 2170. The molecule has 0 aliphatic rings. The number of hydrogen-bond donors (Lipinski definition) is 20. The second-order valence-corrected chi connectivity index (χ2v) is 19.6. The van der Waals surface area contributed by atoms with Crippen LogP contribution in [-0.2, 0) is 62.3 Å². The molecule has 0 saturated heterocycles. The summed E-state index contributed by atoms with van der Waals surface area (Å²) < 4.78 is 0. The minimum Gasteiger partial charge on any atom is -0.481 e. The second-order valence-electron chi connectivity index (χ2n) is 19.2. The van der Waals surface area contributed by atoms with E-state index < -0.39 is 170 Å². The van der Waals surface area contributed by atoms with Crippen LogP contribution in [0.4, 0.5) is 0 Å². The first-order valence-electron chi connectivity index (χ1n) is 26.0. The van der Waals surface area contributed by atoms with Gasteiger partial charge in [0, 0.05) is 24.8 Å². The Balaban J connectivity index is 6.28. The molecule has 0 heterocycles. The van der Waals surface area contributed by atoms with Gasteiger partial charge in [0.25, 0.3) is 0 Å². The summed E-state index contributed by atoms with van der Waals surface area (Å²) in [6, 6.07) is -11.8. The van der Waals surface area contributed by atoms with Gasteiger partial charge in [-0.1, -0.05) is 20.8 Å². The molecule has 23 N–H and O–H groups in total. The Morgan fingerprint density at radius 3 is 1.53 bits per heavy atom. The summed E-state index contributed by atoms with van der Waals surface area (Å²) in [5.74, 6) is -15.5. The minimum absolute atomic E-state index is 0.0242. The maximum atomic E-state index is 14.1. The number of unbranched alkanes of at least 4 members (excludes halogenated alkanes) is 2. The van der Waals surface area contributed by atoms with Crippen LogP contribution in [0.25, 0.3) is 0 Å². The van der Waals surface area contributed by atoms with E-state index in [1.54, 1.807) is 13.8 Å². The fourth-order valence-corrected chi connectivity index (χ4v) is 7.42. The van der Waals surface area contributed by atoms with Gasteiger partial charge in [0.2, 0.25) is 59.1 Å². The van der Waals surface area contributed by atoms with Gasteiger partial charge in [0.05, 0.1) is 44.7 Å². The first kappa shape index (κ1) is 73.6. The van der Waals surface area contributed by atoms with Crippen molar-refractivity contribution in [1.29, 1.82) is 0 Å². The topological polar surface area (TPSA) is 560 Å². The highest BCUT2D eigenvalue weighted by molar-refractivity contribution is 7.80. The standard InChI is InChI=1S/C47H83N15O18S/c1-23(2)16-29(60-45(78)37(25(4)64)62-38(71)24(3)17-35(67)68)43(76)59-28(11-5-7-13-48)42(75)58-27(40(73)55-20-34(66)57-32(22-81)46(79)80)12-6-8-14-52-41(74)31(21-63)61-44(77)30(18-36(69)70)56-33(65)19-54-39(72)26(49)10-9-15-53-47(50)51/h23-32,37,63-64,81H,5-22,48-49H2,1-4H3,(H,52,74)(H,54,72)(H,55,73)(H,56,65)(H,57,66)(H,58,75)(H,59,76)(H,60,78)(H,61,77)(H,62,71)(H,67,68)(H,69,70)(H,79,80)(H4,50,51,53)/t24-,25?,26-,27-,28-,29-,30-,31-,32-,37-/m0/s1. The molecule has 0 aliphatic carbocycles. The smallest absolute Gasteiger partial charge is 0.327 e. The molecule has 460 valence electrons. The van der Waals surface area contributed by atoms with Crippen LogP contribution in [0.5, 0.6) is 0 Å². The van der Waals surface area contributed by atoms with Crippen LogP contribution in [0.15, 0.2) is 4.99 Å². The predicted octanol–water partition coefficient (Wildman–Crippen LogP) is -7.57. The fraction of sp³-hybridized carbons (Fsp3) is 0.702. The number of amides is 10. The van der Waals surface area contributed by atoms with Crippen LogP contribution >= 0.6 is 12.6 Å². The van der Waals surface area contributed by atoms with E-state index in [0.717, 1.165) is 0 Å². The van der Waals surface area contributed by atoms with Gasteiger partial charge in [0.1, 0.15) is 42.3 Å². The maximum absolute atomic E-state index is 14.1. The Labute approximate surface area is 473 Å². The average Bonchev–Trinajstić information content (AvgIpc) is 3.38. The van der Waals surface area contributed by atoms with E-state index in [4.69, 9.17) is 28.0 Å². The van der Waals surface area contributed by atoms with Crippen molar-refractivity contribution in [1.82, 2.24) is 53.2 Å². The van der Waals surface area contributed by atoms with E-state index in [1.807, 2.05) is 0 Å². The number of nitrogens with zero attached hydrogens (tertiary/aromatic N) is 1. The second kappa shape index (κ2) is 39.9. The van der Waals surface area contributed by atoms with Gasteiger partial charge in [-0.05, 0) is 77.2 Å². The molecule has 0 rings (SSSR count). The van der Waals surface area contributed by atoms with Crippen LogP contribution in [0.1, 0.15) is 98.3 Å². The molecule has 0 saturated carbocycles. The number of nitrogens with two attached hydrogens (primary N) is 4. The number of aliphatic imine (C=N–C) groups is 1. The number of carbonyl (C=O) groups is 13. The quantitative estimate of drug-likeness (QED) is 0.0117. The molecule has 0 spiro atoms. The SMILES string of the molecule is CC(C)C[C@H](NC(=O)[C@@H](NC(=O)[C@@H](C)CC(=O)O)C(C)O)C(=O)N[C@@H](CCCCN)C(=O)N[C@@H](CCCCNC(=O)[C@H](CO)NC(=O)[C@H](CC(=O)O)NC(=O)CNC(=O)[C@@H](N)CCCN=C(N)N)C(=O)NCC(=O)N[C@@H](CS)C(=O)O. The van der Waals surface area contributed by atoms with Crippen LogP contribution < -0.4 is 76.1 Å². The molecule has 10 amide bonds. The van der Waals surface area contributed by atoms with Crippen molar-refractivity contribution in [2.75, 3.05) is 45.1 Å². The molecule has 10 atom stereocenters. The third kappa shape index (κ3) is 31.8. The normalized spacial score (nSPS) is 14.6. The lowest BCUT2D eigenvalue weighted by Gasteiger charge is -2.28. The molecule has 0 aromatic carbocycles. The molecule has 0 fully saturated rings. The van der Waals surface area contributed by atoms with Crippen LogP contribution in [0.2, 0.25) is 0 Å². The number of carboxylic acids is 3. The molecule has 33 nitrogen and oxygen atoms in total. The molecule has 81 heavy (non-hydrogen) atoms. The molecule has 0 aromatic heterocycles. The van der Waals surface area contributed by atoms with Crippen molar-refractivity contribution in [2.45, 2.75) is 153 Å². The Morgan fingerprint density at radius 1 is 0.531 bits per heavy atom. The number of nitrogens with one attached hydrogen (secondary N) is 10. The maximum Gasteiger partial charge on any atom is 0.327 e. The predicted molar refractivity (Wildman–Crippen MR) is 291 cm³/mol. The molecular weight excluding hydrogens is 1090 g/mol. The highest BCUT2D eigenvalue weighted by Crippen LogP contribution is 2.11. The number of hydrogen-bond acceptors (Lipinski definition) is 19. The van der Waals surface area contributed by atoms with Gasteiger partial charge in [-0.2, -0.15) is 12.6 Å². The molecule has 0 aliphatic heterocycles. The Morgan fingerprint density at radius 2 is 1.02 bits per heavy atom. The number of thiol groups is 1. The monoisotopic (exact) mass is 1180 g/mol. The van der Waals surface area contributed by atoms with Gasteiger partial charge < -0.3 is 102 Å². The van der Waals surface area contributed by atoms with Gasteiger partial charge in [-0.15, -0.1) is 0 Å². The molecule has 1 unspecified atom stereocenters. The molecule has 0 aromatic rings. The fourth-order valence-electron chi connectivity index (χ4n) is 7.17. The summed E-state index contributed by atoms with van der Waals surface area (Å²) in [6.07, 6.45) is -2.20. The highest BCUT2D eigenvalue weighted by atomic mass is 32.1. The zero-order chi connectivity index (χ0) is 61.9. The zero-order valence-electron chi connectivity index (χ0n) is 45.8. The zero-order valence-corrected chi connectivity index (χ0v) is 46.7. The number of aliphatic hydroxyl groups is 2. The van der Waals surface area contributed by atoms with Gasteiger partial charge in [-0.3, -0.25) is 62.5 Å². The van der Waals surface area contributed by atoms with E-state index in [9.17, 15) is 82.8 Å². The van der Waals surface area contributed by atoms with E-state index in [-0.39, 0.29) is 82.2 Å². The number of aliphatic carboxylic acids is 3. The highest BCUT2D eigenvalue weighted by Gasteiger charge is 2.35. The number of carboxylic acid groups (broad SMARTS) is 3. The summed E-state index contributed by atoms with van der Waals surface area (Å²) in [6.45, 7) is 3.61. The van der Waals surface area contributed by atoms with Gasteiger partial charge >= 0.3 is 17.9 Å².